The first kappa shape index (κ1) is 71.9. The lowest BCUT2D eigenvalue weighted by Crippen LogP contribution is -2.69. The number of rotatable bonds is 16. The molecule has 0 amide bonds. The highest BCUT2D eigenvalue weighted by Gasteiger charge is 2.71. The first-order chi connectivity index (χ1) is 43.1. The first-order valence-corrected chi connectivity index (χ1v) is 32.1. The summed E-state index contributed by atoms with van der Waals surface area (Å²) in [5.74, 6) is -3.56. The first-order valence-electron chi connectivity index (χ1n) is 32.1. The Labute approximate surface area is 532 Å². The van der Waals surface area contributed by atoms with Crippen molar-refractivity contribution in [3.63, 3.8) is 0 Å². The third-order valence-corrected chi connectivity index (χ3v) is 23.8. The van der Waals surface area contributed by atoms with Gasteiger partial charge < -0.3 is 133 Å². The maximum Gasteiger partial charge on any atom is 0.335 e. The van der Waals surface area contributed by atoms with Crippen molar-refractivity contribution in [1.82, 2.24) is 0 Å². The van der Waals surface area contributed by atoms with Crippen LogP contribution >= 0.6 is 0 Å². The van der Waals surface area contributed by atoms with Crippen LogP contribution in [0.2, 0.25) is 0 Å². The summed E-state index contributed by atoms with van der Waals surface area (Å²) >= 11 is 0. The zero-order valence-electron chi connectivity index (χ0n) is 53.3. The van der Waals surface area contributed by atoms with E-state index in [2.05, 4.69) is 33.8 Å². The van der Waals surface area contributed by atoms with E-state index < -0.39 is 224 Å². The van der Waals surface area contributed by atoms with Crippen LogP contribution in [0.1, 0.15) is 114 Å². The van der Waals surface area contributed by atoms with Crippen LogP contribution in [0.5, 0.6) is 0 Å². The van der Waals surface area contributed by atoms with Crippen LogP contribution in [0.3, 0.4) is 0 Å². The Balaban J connectivity index is 0.882. The zero-order valence-corrected chi connectivity index (χ0v) is 53.3. The quantitative estimate of drug-likeness (QED) is 0.0409. The monoisotopic (exact) mass is 1320 g/mol. The van der Waals surface area contributed by atoms with Crippen LogP contribution < -0.4 is 0 Å². The summed E-state index contributed by atoms with van der Waals surface area (Å²) in [6.07, 6.45) is -36.8. The number of allylic oxidation sites excluding steroid dienone is 2. The summed E-state index contributed by atoms with van der Waals surface area (Å²) < 4.78 is 71.3. The van der Waals surface area contributed by atoms with Crippen LogP contribution in [0, 0.1) is 50.2 Å². The summed E-state index contributed by atoms with van der Waals surface area (Å²) in [5, 5.41) is 166. The third kappa shape index (κ3) is 12.2. The molecule has 5 saturated heterocycles. The lowest BCUT2D eigenvalue weighted by Gasteiger charge is -2.72. The molecule has 5 heterocycles. The lowest BCUT2D eigenvalue weighted by molar-refractivity contribution is -0.397. The van der Waals surface area contributed by atoms with E-state index in [0.717, 1.165) is 13.8 Å². The number of carbonyl (C=O) groups is 3. The maximum absolute atomic E-state index is 12.7. The SMILES string of the molecule is CC(=O)OC1COC(OC2C(O)COC(OC3C(O)C(C)(C)CC4C5=CCC6C7(C)CCC(OC8OC(C(=O)O)C(O)C(O)C8OC8OC(CO)C(O)C(O)C8OC8OC(CO)C(O)C(O)C8O)C(C)(CO)C7CCC6(C)C5(C)CCC43C)C2O)C(O)C1OC(C)=O. The second-order valence-electron chi connectivity index (χ2n) is 29.5. The van der Waals surface area contributed by atoms with E-state index in [4.69, 9.17) is 56.8 Å². The molecule has 34 atom stereocenters. The Morgan fingerprint density at radius 2 is 1.11 bits per heavy atom. The number of esters is 2. The maximum atomic E-state index is 12.7. The fraction of sp³-hybridized carbons (Fsp3) is 0.919. The molecule has 10 aliphatic rings. The number of aliphatic hydroxyl groups excluding tert-OH is 14. The molecule has 0 aromatic rings. The van der Waals surface area contributed by atoms with Crippen molar-refractivity contribution in [3.8, 4) is 0 Å². The van der Waals surface area contributed by atoms with Gasteiger partial charge in [0.2, 0.25) is 0 Å². The number of carboxylic acid groups (broad SMARTS) is 1. The third-order valence-electron chi connectivity index (χ3n) is 23.8. The molecule has 15 N–H and O–H groups in total. The van der Waals surface area contributed by atoms with Gasteiger partial charge in [-0.05, 0) is 90.8 Å². The number of hydrogen-bond donors (Lipinski definition) is 15. The van der Waals surface area contributed by atoms with E-state index in [1.807, 2.05) is 20.8 Å². The van der Waals surface area contributed by atoms with E-state index in [9.17, 15) is 91.0 Å². The van der Waals surface area contributed by atoms with E-state index in [1.54, 1.807) is 0 Å². The molecular formula is C62H98O30. The van der Waals surface area contributed by atoms with Crippen molar-refractivity contribution < 1.29 is 148 Å². The number of carboxylic acids is 1. The Morgan fingerprint density at radius 3 is 1.73 bits per heavy atom. The predicted octanol–water partition coefficient (Wildman–Crippen LogP) is -3.28. The van der Waals surface area contributed by atoms with Gasteiger partial charge in [0, 0.05) is 24.7 Å². The van der Waals surface area contributed by atoms with E-state index in [-0.39, 0.29) is 42.8 Å². The molecule has 34 unspecified atom stereocenters. The van der Waals surface area contributed by atoms with Gasteiger partial charge in [0.25, 0.3) is 0 Å². The van der Waals surface area contributed by atoms with Crippen LogP contribution in [0.15, 0.2) is 11.6 Å². The molecule has 30 nitrogen and oxygen atoms in total. The number of aliphatic hydroxyl groups is 14. The van der Waals surface area contributed by atoms with E-state index in [0.29, 0.717) is 44.9 Å². The van der Waals surface area contributed by atoms with E-state index >= 15 is 0 Å². The van der Waals surface area contributed by atoms with Crippen molar-refractivity contribution in [2.45, 2.75) is 273 Å². The van der Waals surface area contributed by atoms with Gasteiger partial charge in [0.15, 0.2) is 49.8 Å². The van der Waals surface area contributed by atoms with Gasteiger partial charge in [-0.2, -0.15) is 0 Å². The van der Waals surface area contributed by atoms with Crippen molar-refractivity contribution in [2.75, 3.05) is 33.0 Å². The van der Waals surface area contributed by atoms with Gasteiger partial charge >= 0.3 is 17.9 Å². The second kappa shape index (κ2) is 26.8. The molecule has 4 saturated carbocycles. The lowest BCUT2D eigenvalue weighted by atomic mass is 9.33. The molecule has 92 heavy (non-hydrogen) atoms. The fourth-order valence-electron chi connectivity index (χ4n) is 18.3. The molecule has 526 valence electrons. The highest BCUT2D eigenvalue weighted by atomic mass is 16.8. The molecule has 0 radical (unpaired) electrons. The predicted molar refractivity (Wildman–Crippen MR) is 306 cm³/mol. The smallest absolute Gasteiger partial charge is 0.335 e. The molecule has 10 rings (SSSR count). The highest BCUT2D eigenvalue weighted by Crippen LogP contribution is 2.76. The van der Waals surface area contributed by atoms with E-state index in [1.165, 1.54) is 5.57 Å². The number of fused-ring (bicyclic) bond motifs is 7. The van der Waals surface area contributed by atoms with Crippen molar-refractivity contribution in [2.24, 2.45) is 50.2 Å². The van der Waals surface area contributed by atoms with Crippen molar-refractivity contribution in [3.05, 3.63) is 11.6 Å². The highest BCUT2D eigenvalue weighted by molar-refractivity contribution is 5.73. The van der Waals surface area contributed by atoms with Gasteiger partial charge in [-0.1, -0.05) is 60.1 Å². The molecule has 30 heteroatoms. The largest absolute Gasteiger partial charge is 0.479 e. The van der Waals surface area contributed by atoms with Gasteiger partial charge in [0.1, 0.15) is 91.6 Å². The van der Waals surface area contributed by atoms with Crippen molar-refractivity contribution in [1.29, 1.82) is 0 Å². The van der Waals surface area contributed by atoms with Crippen LogP contribution in [-0.4, -0.2) is 287 Å². The number of carbonyl (C=O) groups excluding carboxylic acids is 2. The minimum absolute atomic E-state index is 0.0197. The normalized spacial score (nSPS) is 52.6. The topological polar surface area (TPSA) is 465 Å². The Morgan fingerprint density at radius 1 is 0.543 bits per heavy atom. The molecule has 0 aromatic heterocycles. The Hall–Kier alpha value is -2.81. The van der Waals surface area contributed by atoms with Crippen molar-refractivity contribution >= 4 is 17.9 Å². The standard InChI is InChI=1S/C62H98O30/c1-24(66)83-31-22-82-52(43(77)45(31)84-25(2)67)88-44-28(68)21-81-53(42(44)76)92-50-49(78)57(3,4)18-27-26-10-11-33-59(6)14-13-34(60(7,23-65)32(59)12-15-62(33,9)61(26,8)17-16-58(27,50)5)87-56-48(40(74)39(73)46(89-56)51(79)80)91-55-47(38(72)36(70)30(20-64)86-55)90-54-41(75)37(71)35(69)29(19-63)85-54/h10,27-50,52-56,63-65,68-78H,11-23H2,1-9H3,(H,79,80). The average Bonchev–Trinajstić information content (AvgIpc) is 0.676. The minimum Gasteiger partial charge on any atom is -0.479 e. The molecule has 0 bridgehead atoms. The van der Waals surface area contributed by atoms with Gasteiger partial charge in [-0.25, -0.2) is 4.79 Å². The molecule has 0 aromatic carbocycles. The summed E-state index contributed by atoms with van der Waals surface area (Å²) in [6.45, 7) is 14.1. The molecule has 0 spiro atoms. The summed E-state index contributed by atoms with van der Waals surface area (Å²) in [7, 11) is 0. The molecule has 9 fully saturated rings. The summed E-state index contributed by atoms with van der Waals surface area (Å²) in [5.41, 5.74) is -2.62. The Kier molecular flexibility index (Phi) is 21.0. The Bertz CT molecular complexity index is 2650. The number of ether oxygens (including phenoxy) is 12. The van der Waals surface area contributed by atoms with Crippen LogP contribution in [-0.2, 0) is 71.2 Å². The van der Waals surface area contributed by atoms with Crippen LogP contribution in [0.4, 0.5) is 0 Å². The minimum atomic E-state index is -2.17. The summed E-state index contributed by atoms with van der Waals surface area (Å²) in [4.78, 5) is 36.6. The molecular weight excluding hydrogens is 1220 g/mol. The second-order valence-corrected chi connectivity index (χ2v) is 29.5. The molecule has 5 aliphatic heterocycles. The van der Waals surface area contributed by atoms with Crippen LogP contribution in [0.25, 0.3) is 0 Å². The van der Waals surface area contributed by atoms with Gasteiger partial charge in [0.05, 0.1) is 51.3 Å². The average molecular weight is 1320 g/mol. The zero-order chi connectivity index (χ0) is 67.4. The summed E-state index contributed by atoms with van der Waals surface area (Å²) in [6, 6.07) is 0. The molecule has 5 aliphatic carbocycles. The fourth-order valence-corrected chi connectivity index (χ4v) is 18.3. The number of hydrogen-bond acceptors (Lipinski definition) is 29. The van der Waals surface area contributed by atoms with Gasteiger partial charge in [-0.15, -0.1) is 0 Å². The number of aliphatic carboxylic acids is 1. The van der Waals surface area contributed by atoms with Gasteiger partial charge in [-0.3, -0.25) is 9.59 Å².